The number of carbonyl (C=O) groups excluding carboxylic acids is 4. The molecule has 0 saturated heterocycles. The maximum Gasteiger partial charge on any atom is 0.472 e. The van der Waals surface area contributed by atoms with Gasteiger partial charge in [-0.25, -0.2) is 9.13 Å². The minimum Gasteiger partial charge on any atom is -0.462 e. The minimum absolute atomic E-state index is 0.0829. The Bertz CT molecular complexity index is 2060. The summed E-state index contributed by atoms with van der Waals surface area (Å²) in [5.74, 6) is -1.37. The summed E-state index contributed by atoms with van der Waals surface area (Å²) in [6.45, 7) is 7.19. The van der Waals surface area contributed by atoms with E-state index >= 15 is 0 Å². The van der Waals surface area contributed by atoms with Gasteiger partial charge in [-0.1, -0.05) is 314 Å². The number of rotatable bonds is 75. The normalized spacial score (nSPS) is 14.2. The second-order valence-electron chi connectivity index (χ2n) is 27.6. The predicted molar refractivity (Wildman–Crippen MR) is 400 cm³/mol. The van der Waals surface area contributed by atoms with Crippen molar-refractivity contribution in [2.24, 2.45) is 5.92 Å². The van der Waals surface area contributed by atoms with E-state index in [2.05, 4.69) is 83.2 Å². The summed E-state index contributed by atoms with van der Waals surface area (Å²) in [6, 6.07) is 0. The van der Waals surface area contributed by atoms with E-state index in [1.165, 1.54) is 161 Å². The molecule has 17 nitrogen and oxygen atoms in total. The molecule has 0 amide bonds. The Balaban J connectivity index is 5.29. The number of unbranched alkanes of at least 4 members (excludes halogenated alkanes) is 41. The van der Waals surface area contributed by atoms with E-state index in [0.29, 0.717) is 25.7 Å². The zero-order chi connectivity index (χ0) is 71.9. The number of esters is 4. The first-order valence-corrected chi connectivity index (χ1v) is 42.8. The summed E-state index contributed by atoms with van der Waals surface area (Å²) in [5, 5.41) is 10.6. The van der Waals surface area contributed by atoms with Crippen LogP contribution in [0.5, 0.6) is 0 Å². The van der Waals surface area contributed by atoms with Gasteiger partial charge in [0.05, 0.1) is 26.4 Å². The molecule has 5 atom stereocenters. The molecule has 0 heterocycles. The van der Waals surface area contributed by atoms with Crippen LogP contribution in [0.25, 0.3) is 0 Å². The zero-order valence-corrected chi connectivity index (χ0v) is 64.7. The second kappa shape index (κ2) is 71.0. The van der Waals surface area contributed by atoms with Gasteiger partial charge in [-0.2, -0.15) is 0 Å². The van der Waals surface area contributed by atoms with Gasteiger partial charge in [0, 0.05) is 25.7 Å². The molecule has 0 aromatic heterocycles. The molecular formula is C79H146O17P2. The Morgan fingerprint density at radius 3 is 0.837 bits per heavy atom. The summed E-state index contributed by atoms with van der Waals surface area (Å²) in [5.41, 5.74) is 0. The van der Waals surface area contributed by atoms with Gasteiger partial charge in [-0.05, 0) is 83.0 Å². The minimum atomic E-state index is -4.97. The molecule has 0 aromatic carbocycles. The van der Waals surface area contributed by atoms with E-state index in [0.717, 1.165) is 128 Å². The smallest absolute Gasteiger partial charge is 0.462 e. The number of aliphatic hydroxyl groups excluding tert-OH is 1. The van der Waals surface area contributed by atoms with Gasteiger partial charge in [0.15, 0.2) is 12.2 Å². The lowest BCUT2D eigenvalue weighted by Crippen LogP contribution is -2.30. The molecule has 0 spiro atoms. The van der Waals surface area contributed by atoms with Crippen LogP contribution in [0.2, 0.25) is 0 Å². The standard InChI is InChI=1S/C79H146O17P2/c1-6-9-12-15-18-21-23-25-29-34-38-43-48-53-58-63-77(82)90-69-75(96-79(84)65-60-55-50-45-40-36-32-28-27-31-33-37-42-46-51-56-61-72(4)5)71-94-98(87,88)92-67-73(80)66-91-97(85,86)93-70-74(68-89-76(81)62-57-52-47-41-20-17-14-11-8-3)95-78(83)64-59-54-49-44-39-35-30-26-24-22-19-16-13-10-7-2/h21-26,29-30,72-75,80H,6-20,27-28,31-71H2,1-5H3,(H,85,86)(H,87,88)/b23-21-,24-22-,29-25-,30-26-/t73-,74+,75+/m0/s1. The maximum absolute atomic E-state index is 13.1. The fourth-order valence-corrected chi connectivity index (χ4v) is 12.7. The lowest BCUT2D eigenvalue weighted by Gasteiger charge is -2.21. The summed E-state index contributed by atoms with van der Waals surface area (Å²) in [6.07, 6.45) is 66.8. The Kier molecular flexibility index (Phi) is 68.9. The number of phosphoric acid groups is 2. The van der Waals surface area contributed by atoms with E-state index in [1.807, 2.05) is 0 Å². The number of phosphoric ester groups is 2. The number of hydrogen-bond acceptors (Lipinski definition) is 15. The van der Waals surface area contributed by atoms with Crippen molar-refractivity contribution < 1.29 is 80.2 Å². The predicted octanol–water partition coefficient (Wildman–Crippen LogP) is 22.8. The molecule has 2 unspecified atom stereocenters. The Hall–Kier alpha value is -2.98. The highest BCUT2D eigenvalue weighted by atomic mass is 31.2. The van der Waals surface area contributed by atoms with Crippen molar-refractivity contribution in [1.82, 2.24) is 0 Å². The number of carbonyl (C=O) groups is 4. The molecule has 0 bridgehead atoms. The average Bonchev–Trinajstić information content (AvgIpc) is 1.08. The van der Waals surface area contributed by atoms with Crippen molar-refractivity contribution in [3.8, 4) is 0 Å². The molecule has 3 N–H and O–H groups in total. The van der Waals surface area contributed by atoms with Crippen molar-refractivity contribution >= 4 is 39.5 Å². The van der Waals surface area contributed by atoms with Gasteiger partial charge < -0.3 is 33.8 Å². The highest BCUT2D eigenvalue weighted by molar-refractivity contribution is 7.47. The van der Waals surface area contributed by atoms with Crippen molar-refractivity contribution in [1.29, 1.82) is 0 Å². The fourth-order valence-electron chi connectivity index (χ4n) is 11.2. The molecule has 0 rings (SSSR count). The van der Waals surface area contributed by atoms with Crippen LogP contribution in [-0.4, -0.2) is 96.7 Å². The Morgan fingerprint density at radius 1 is 0.316 bits per heavy atom. The molecule has 19 heteroatoms. The molecule has 0 fully saturated rings. The maximum atomic E-state index is 13.1. The highest BCUT2D eigenvalue weighted by Crippen LogP contribution is 2.45. The number of allylic oxidation sites excluding steroid dienone is 8. The first kappa shape index (κ1) is 95.0. The van der Waals surface area contributed by atoms with Crippen LogP contribution in [0.3, 0.4) is 0 Å². The largest absolute Gasteiger partial charge is 0.472 e. The van der Waals surface area contributed by atoms with E-state index < -0.39 is 97.5 Å². The third-order valence-corrected chi connectivity index (χ3v) is 19.2. The van der Waals surface area contributed by atoms with E-state index in [-0.39, 0.29) is 25.7 Å². The summed E-state index contributed by atoms with van der Waals surface area (Å²) in [7, 11) is -9.94. The average molecular weight is 1430 g/mol. The van der Waals surface area contributed by atoms with Gasteiger partial charge in [0.2, 0.25) is 0 Å². The molecule has 0 aliphatic rings. The first-order chi connectivity index (χ1) is 47.5. The Labute approximate surface area is 597 Å². The van der Waals surface area contributed by atoms with E-state index in [4.69, 9.17) is 37.0 Å². The van der Waals surface area contributed by atoms with E-state index in [9.17, 15) is 43.2 Å². The lowest BCUT2D eigenvalue weighted by molar-refractivity contribution is -0.161. The van der Waals surface area contributed by atoms with Crippen LogP contribution in [0.15, 0.2) is 48.6 Å². The van der Waals surface area contributed by atoms with Gasteiger partial charge in [0.25, 0.3) is 0 Å². The van der Waals surface area contributed by atoms with Crippen molar-refractivity contribution in [2.75, 3.05) is 39.6 Å². The number of hydrogen-bond donors (Lipinski definition) is 3. The summed E-state index contributed by atoms with van der Waals surface area (Å²) >= 11 is 0. The third-order valence-electron chi connectivity index (χ3n) is 17.3. The molecule has 0 aliphatic heterocycles. The molecule has 0 aromatic rings. The van der Waals surface area contributed by atoms with Crippen LogP contribution in [0.1, 0.15) is 369 Å². The monoisotopic (exact) mass is 1430 g/mol. The van der Waals surface area contributed by atoms with Gasteiger partial charge in [-0.3, -0.25) is 37.3 Å². The topological polar surface area (TPSA) is 237 Å². The fraction of sp³-hybridized carbons (Fsp3) is 0.848. The Morgan fingerprint density at radius 2 is 0.551 bits per heavy atom. The molecule has 574 valence electrons. The van der Waals surface area contributed by atoms with Crippen LogP contribution in [-0.2, 0) is 65.4 Å². The summed E-state index contributed by atoms with van der Waals surface area (Å²) in [4.78, 5) is 72.8. The quantitative estimate of drug-likeness (QED) is 0.0169. The lowest BCUT2D eigenvalue weighted by atomic mass is 10.0. The SMILES string of the molecule is CCCCCC/C=C\C=C/CCCCCCCC(=O)OC[C@H](COP(=O)(O)OC[C@@H](O)COP(=O)(O)OC[C@@H](COC(=O)CCCCCCCCCCC)OC(=O)CCCCCCC/C=C\C=C/CCCCCC)OC(=O)CCCCCCCCCCCCCCCCCCC(C)C. The van der Waals surface area contributed by atoms with Gasteiger partial charge >= 0.3 is 39.5 Å². The molecule has 98 heavy (non-hydrogen) atoms. The molecule has 0 aliphatic carbocycles. The number of ether oxygens (including phenoxy) is 4. The van der Waals surface area contributed by atoms with Crippen LogP contribution >= 0.6 is 15.6 Å². The molecule has 0 radical (unpaired) electrons. The third kappa shape index (κ3) is 71.4. The van der Waals surface area contributed by atoms with Gasteiger partial charge in [0.1, 0.15) is 19.3 Å². The second-order valence-corrected chi connectivity index (χ2v) is 30.5. The van der Waals surface area contributed by atoms with Crippen molar-refractivity contribution in [2.45, 2.75) is 387 Å². The zero-order valence-electron chi connectivity index (χ0n) is 62.9. The van der Waals surface area contributed by atoms with Crippen LogP contribution in [0, 0.1) is 5.92 Å². The summed E-state index contributed by atoms with van der Waals surface area (Å²) < 4.78 is 68.5. The van der Waals surface area contributed by atoms with Gasteiger partial charge in [-0.15, -0.1) is 0 Å². The van der Waals surface area contributed by atoms with Crippen molar-refractivity contribution in [3.63, 3.8) is 0 Å². The van der Waals surface area contributed by atoms with Crippen LogP contribution in [0.4, 0.5) is 0 Å². The van der Waals surface area contributed by atoms with E-state index in [1.54, 1.807) is 0 Å². The van der Waals surface area contributed by atoms with Crippen LogP contribution < -0.4 is 0 Å². The molecule has 0 saturated carbocycles. The first-order valence-electron chi connectivity index (χ1n) is 39.8. The number of aliphatic hydroxyl groups is 1. The van der Waals surface area contributed by atoms with Crippen molar-refractivity contribution in [3.05, 3.63) is 48.6 Å². The molecular weight excluding hydrogens is 1280 g/mol. The highest BCUT2D eigenvalue weighted by Gasteiger charge is 2.30.